The van der Waals surface area contributed by atoms with Crippen LogP contribution in [0.5, 0.6) is 0 Å². The molecule has 5 heteroatoms. The number of hydrogen-bond acceptors (Lipinski definition) is 4. The molecule has 0 aliphatic rings. The third-order valence-electron chi connectivity index (χ3n) is 1.61. The Hall–Kier alpha value is -1.29. The van der Waals surface area contributed by atoms with Gasteiger partial charge >= 0.3 is 5.97 Å². The Bertz CT molecular complexity index is 317. The zero-order chi connectivity index (χ0) is 10.4. The summed E-state index contributed by atoms with van der Waals surface area (Å²) < 4.78 is 4.49. The molecule has 1 aromatic rings. The fourth-order valence-corrected chi connectivity index (χ4v) is 1.09. The molecule has 14 heavy (non-hydrogen) atoms. The van der Waals surface area contributed by atoms with Crippen molar-refractivity contribution in [3.63, 3.8) is 0 Å². The molecule has 76 valence electrons. The number of anilines is 1. The third-order valence-corrected chi connectivity index (χ3v) is 1.91. The van der Waals surface area contributed by atoms with Crippen LogP contribution in [0, 0.1) is 0 Å². The molecule has 0 unspecified atom stereocenters. The lowest BCUT2D eigenvalue weighted by Gasteiger charge is -2.05. The molecule has 1 aromatic heterocycles. The number of nitrogens with zero attached hydrogens (tertiary/aromatic N) is 1. The second kappa shape index (κ2) is 5.44. The lowest BCUT2D eigenvalue weighted by molar-refractivity contribution is -0.140. The highest BCUT2D eigenvalue weighted by Crippen LogP contribution is 2.16. The first-order valence-corrected chi connectivity index (χ1v) is 4.53. The number of carbonyl (C=O) groups excluding carboxylic acids is 1. The summed E-state index contributed by atoms with van der Waals surface area (Å²) in [5.41, 5.74) is 0. The number of esters is 1. The third kappa shape index (κ3) is 3.22. The normalized spacial score (nSPS) is 9.57. The van der Waals surface area contributed by atoms with Crippen LogP contribution in [-0.4, -0.2) is 24.6 Å². The van der Waals surface area contributed by atoms with Gasteiger partial charge in [-0.15, -0.1) is 0 Å². The summed E-state index contributed by atoms with van der Waals surface area (Å²) in [6, 6.07) is 3.48. The van der Waals surface area contributed by atoms with E-state index in [9.17, 15) is 4.79 Å². The number of carbonyl (C=O) groups is 1. The molecule has 1 N–H and O–H groups in total. The van der Waals surface area contributed by atoms with Crippen LogP contribution >= 0.6 is 11.6 Å². The van der Waals surface area contributed by atoms with E-state index in [2.05, 4.69) is 15.0 Å². The van der Waals surface area contributed by atoms with E-state index in [1.165, 1.54) is 7.11 Å². The minimum absolute atomic E-state index is 0.260. The lowest BCUT2D eigenvalue weighted by atomic mass is 10.4. The van der Waals surface area contributed by atoms with Gasteiger partial charge in [-0.25, -0.2) is 4.98 Å². The molecule has 0 aliphatic carbocycles. The molecule has 0 amide bonds. The molecule has 0 aliphatic heterocycles. The van der Waals surface area contributed by atoms with Crippen molar-refractivity contribution in [2.45, 2.75) is 6.42 Å². The highest BCUT2D eigenvalue weighted by molar-refractivity contribution is 6.32. The number of pyridine rings is 1. The molecule has 4 nitrogen and oxygen atoms in total. The SMILES string of the molecule is COC(=O)CCNc1ncccc1Cl. The Morgan fingerprint density at radius 1 is 1.71 bits per heavy atom. The quantitative estimate of drug-likeness (QED) is 0.776. The average Bonchev–Trinajstić information content (AvgIpc) is 2.20. The lowest BCUT2D eigenvalue weighted by Crippen LogP contribution is -2.10. The topological polar surface area (TPSA) is 51.2 Å². The number of halogens is 1. The average molecular weight is 215 g/mol. The predicted octanol–water partition coefficient (Wildman–Crippen LogP) is 1.71. The van der Waals surface area contributed by atoms with Gasteiger partial charge in [0.25, 0.3) is 0 Å². The molecule has 1 rings (SSSR count). The fourth-order valence-electron chi connectivity index (χ4n) is 0.901. The molecule has 0 bridgehead atoms. The van der Waals surface area contributed by atoms with E-state index in [1.807, 2.05) is 0 Å². The van der Waals surface area contributed by atoms with Gasteiger partial charge in [0, 0.05) is 12.7 Å². The molecule has 0 radical (unpaired) electrons. The second-order valence-electron chi connectivity index (χ2n) is 2.59. The fraction of sp³-hybridized carbons (Fsp3) is 0.333. The number of ether oxygens (including phenoxy) is 1. The van der Waals surface area contributed by atoms with Crippen molar-refractivity contribution in [2.24, 2.45) is 0 Å². The summed E-state index contributed by atoms with van der Waals surface area (Å²) in [7, 11) is 1.36. The standard InChI is InChI=1S/C9H11ClN2O2/c1-14-8(13)4-6-12-9-7(10)3-2-5-11-9/h2-3,5H,4,6H2,1H3,(H,11,12). The maximum Gasteiger partial charge on any atom is 0.307 e. The van der Waals surface area contributed by atoms with E-state index < -0.39 is 0 Å². The Kier molecular flexibility index (Phi) is 4.19. The van der Waals surface area contributed by atoms with Crippen molar-refractivity contribution in [1.29, 1.82) is 0 Å². The smallest absolute Gasteiger partial charge is 0.307 e. The Labute approximate surface area is 87.2 Å². The van der Waals surface area contributed by atoms with Crippen LogP contribution in [0.1, 0.15) is 6.42 Å². The van der Waals surface area contributed by atoms with Gasteiger partial charge in [0.2, 0.25) is 0 Å². The molecule has 0 spiro atoms. The van der Waals surface area contributed by atoms with Gasteiger partial charge in [-0.2, -0.15) is 0 Å². The molecular formula is C9H11ClN2O2. The van der Waals surface area contributed by atoms with Crippen LogP contribution in [0.2, 0.25) is 5.02 Å². The van der Waals surface area contributed by atoms with E-state index in [1.54, 1.807) is 18.3 Å². The first-order chi connectivity index (χ1) is 6.74. The highest BCUT2D eigenvalue weighted by Gasteiger charge is 2.02. The molecule has 0 atom stereocenters. The highest BCUT2D eigenvalue weighted by atomic mass is 35.5. The summed E-state index contributed by atoms with van der Waals surface area (Å²) in [6.45, 7) is 0.462. The second-order valence-corrected chi connectivity index (χ2v) is 2.99. The molecular weight excluding hydrogens is 204 g/mol. The first kappa shape index (κ1) is 10.8. The van der Waals surface area contributed by atoms with Gasteiger partial charge in [0.15, 0.2) is 0 Å². The van der Waals surface area contributed by atoms with Gasteiger partial charge in [-0.05, 0) is 12.1 Å². The van der Waals surface area contributed by atoms with E-state index in [-0.39, 0.29) is 5.97 Å². The zero-order valence-corrected chi connectivity index (χ0v) is 8.54. The summed E-state index contributed by atoms with van der Waals surface area (Å²) >= 11 is 5.83. The van der Waals surface area contributed by atoms with Crippen molar-refractivity contribution in [3.05, 3.63) is 23.4 Å². The largest absolute Gasteiger partial charge is 0.469 e. The van der Waals surface area contributed by atoms with Crippen molar-refractivity contribution in [2.75, 3.05) is 19.0 Å². The van der Waals surface area contributed by atoms with Crippen LogP contribution < -0.4 is 5.32 Å². The molecule has 0 saturated heterocycles. The molecule has 0 saturated carbocycles. The van der Waals surface area contributed by atoms with Crippen molar-refractivity contribution >= 4 is 23.4 Å². The van der Waals surface area contributed by atoms with Gasteiger partial charge in [0.1, 0.15) is 5.82 Å². The van der Waals surface area contributed by atoms with E-state index in [0.29, 0.717) is 23.8 Å². The number of hydrogen-bond donors (Lipinski definition) is 1. The maximum atomic E-state index is 10.8. The van der Waals surface area contributed by atoms with Gasteiger partial charge < -0.3 is 10.1 Å². The van der Waals surface area contributed by atoms with Crippen LogP contribution in [-0.2, 0) is 9.53 Å². The summed E-state index contributed by atoms with van der Waals surface area (Å²) in [4.78, 5) is 14.8. The molecule has 0 aromatic carbocycles. The minimum Gasteiger partial charge on any atom is -0.469 e. The number of aromatic nitrogens is 1. The summed E-state index contributed by atoms with van der Waals surface area (Å²) in [5.74, 6) is 0.322. The van der Waals surface area contributed by atoms with Crippen LogP contribution in [0.3, 0.4) is 0 Å². The molecule has 1 heterocycles. The van der Waals surface area contributed by atoms with Crippen molar-refractivity contribution in [1.82, 2.24) is 4.98 Å². The Morgan fingerprint density at radius 3 is 3.14 bits per heavy atom. The first-order valence-electron chi connectivity index (χ1n) is 4.15. The zero-order valence-electron chi connectivity index (χ0n) is 7.79. The number of rotatable bonds is 4. The molecule has 0 fully saturated rings. The number of nitrogens with one attached hydrogen (secondary N) is 1. The van der Waals surface area contributed by atoms with Gasteiger partial charge in [-0.1, -0.05) is 11.6 Å². The van der Waals surface area contributed by atoms with E-state index in [0.717, 1.165) is 0 Å². The number of methoxy groups -OCH3 is 1. The minimum atomic E-state index is -0.260. The van der Waals surface area contributed by atoms with Gasteiger partial charge in [0.05, 0.1) is 18.6 Å². The van der Waals surface area contributed by atoms with Crippen LogP contribution in [0.15, 0.2) is 18.3 Å². The predicted molar refractivity (Wildman–Crippen MR) is 54.4 cm³/mol. The Morgan fingerprint density at radius 2 is 2.50 bits per heavy atom. The van der Waals surface area contributed by atoms with Crippen LogP contribution in [0.25, 0.3) is 0 Å². The monoisotopic (exact) mass is 214 g/mol. The summed E-state index contributed by atoms with van der Waals surface area (Å²) in [6.07, 6.45) is 1.93. The Balaban J connectivity index is 2.39. The van der Waals surface area contributed by atoms with Crippen molar-refractivity contribution in [3.8, 4) is 0 Å². The van der Waals surface area contributed by atoms with Gasteiger partial charge in [-0.3, -0.25) is 4.79 Å². The van der Waals surface area contributed by atoms with E-state index in [4.69, 9.17) is 11.6 Å². The van der Waals surface area contributed by atoms with Crippen LogP contribution in [0.4, 0.5) is 5.82 Å². The van der Waals surface area contributed by atoms with Crippen molar-refractivity contribution < 1.29 is 9.53 Å². The maximum absolute atomic E-state index is 10.8. The summed E-state index contributed by atoms with van der Waals surface area (Å²) in [5, 5.41) is 3.47. The van der Waals surface area contributed by atoms with E-state index >= 15 is 0 Å².